The Morgan fingerprint density at radius 2 is 1.51 bits per heavy atom. The maximum absolute atomic E-state index is 15.2. The minimum absolute atomic E-state index is 0.0435. The zero-order valence-corrected chi connectivity index (χ0v) is 20.9. The molecule has 7 nitrogen and oxygen atoms in total. The summed E-state index contributed by atoms with van der Waals surface area (Å²) in [5.74, 6) is -2.10. The van der Waals surface area contributed by atoms with Crippen LogP contribution < -0.4 is 5.32 Å². The zero-order valence-electron chi connectivity index (χ0n) is 20.9. The van der Waals surface area contributed by atoms with E-state index in [-0.39, 0.29) is 25.2 Å². The number of rotatable bonds is 9. The van der Waals surface area contributed by atoms with Gasteiger partial charge in [-0.25, -0.2) is 13.5 Å². The smallest absolute Gasteiger partial charge is 0.247 e. The molecule has 196 valence electrons. The fourth-order valence-corrected chi connectivity index (χ4v) is 4.39. The molecule has 1 N–H and O–H groups in total. The van der Waals surface area contributed by atoms with Crippen LogP contribution in [0.15, 0.2) is 103 Å². The van der Waals surface area contributed by atoms with Gasteiger partial charge in [-0.05, 0) is 41.5 Å². The molecule has 2 amide bonds. The van der Waals surface area contributed by atoms with Gasteiger partial charge in [0.25, 0.3) is 0 Å². The number of fused-ring (bicyclic) bond motifs is 1. The first-order valence-corrected chi connectivity index (χ1v) is 12.4. The summed E-state index contributed by atoms with van der Waals surface area (Å²) < 4.78 is 30.2. The van der Waals surface area contributed by atoms with Crippen LogP contribution in [0.1, 0.15) is 22.7 Å². The Hall–Kier alpha value is -4.92. The van der Waals surface area contributed by atoms with Crippen LogP contribution in [0.3, 0.4) is 0 Å². The lowest BCUT2D eigenvalue weighted by molar-refractivity contribution is -0.142. The van der Waals surface area contributed by atoms with E-state index in [1.54, 1.807) is 18.2 Å². The minimum atomic E-state index is -1.30. The number of carbonyl (C=O) groups excluding carboxylic acids is 2. The van der Waals surface area contributed by atoms with Gasteiger partial charge in [-0.2, -0.15) is 0 Å². The number of nitrogens with zero attached hydrogens (tertiary/aromatic N) is 4. The van der Waals surface area contributed by atoms with Crippen molar-refractivity contribution < 1.29 is 18.4 Å². The average molecular weight is 526 g/mol. The average Bonchev–Trinajstić information content (AvgIpc) is 3.36. The summed E-state index contributed by atoms with van der Waals surface area (Å²) in [6.45, 7) is -0.112. The van der Waals surface area contributed by atoms with Crippen LogP contribution in [-0.4, -0.2) is 31.7 Å². The molecular weight excluding hydrogens is 500 g/mol. The van der Waals surface area contributed by atoms with E-state index in [9.17, 15) is 14.0 Å². The molecule has 1 atom stereocenters. The molecule has 9 heteroatoms. The predicted octanol–water partition coefficient (Wildman–Crippen LogP) is 4.80. The molecule has 0 aliphatic rings. The van der Waals surface area contributed by atoms with E-state index >= 15 is 4.39 Å². The van der Waals surface area contributed by atoms with Crippen LogP contribution in [0.5, 0.6) is 0 Å². The summed E-state index contributed by atoms with van der Waals surface area (Å²) in [5.41, 5.74) is 2.72. The third-order valence-corrected chi connectivity index (χ3v) is 6.36. The molecule has 0 unspecified atom stereocenters. The van der Waals surface area contributed by atoms with Crippen LogP contribution in [-0.2, 0) is 29.2 Å². The molecular formula is C30H25F2N5O2. The Morgan fingerprint density at radius 3 is 2.28 bits per heavy atom. The third-order valence-electron chi connectivity index (χ3n) is 6.36. The molecule has 0 aliphatic carbocycles. The molecule has 0 bridgehead atoms. The summed E-state index contributed by atoms with van der Waals surface area (Å²) in [6.07, 6.45) is 0. The van der Waals surface area contributed by atoms with Gasteiger partial charge in [0.05, 0.1) is 5.52 Å². The third kappa shape index (κ3) is 5.98. The lowest BCUT2D eigenvalue weighted by Crippen LogP contribution is -2.44. The number of hydrogen-bond acceptors (Lipinski definition) is 4. The van der Waals surface area contributed by atoms with Crippen molar-refractivity contribution in [2.75, 3.05) is 0 Å². The quantitative estimate of drug-likeness (QED) is 0.300. The van der Waals surface area contributed by atoms with Crippen molar-refractivity contribution in [3.05, 3.63) is 131 Å². The highest BCUT2D eigenvalue weighted by Crippen LogP contribution is 2.27. The summed E-state index contributed by atoms with van der Waals surface area (Å²) in [5, 5.41) is 11.1. The van der Waals surface area contributed by atoms with Crippen LogP contribution in [0.25, 0.3) is 11.0 Å². The van der Waals surface area contributed by atoms with E-state index in [2.05, 4.69) is 15.6 Å². The Balaban J connectivity index is 1.52. The van der Waals surface area contributed by atoms with Gasteiger partial charge in [0.2, 0.25) is 11.8 Å². The summed E-state index contributed by atoms with van der Waals surface area (Å²) in [4.78, 5) is 28.9. The van der Waals surface area contributed by atoms with Crippen molar-refractivity contribution in [1.29, 1.82) is 0 Å². The molecule has 1 aromatic heterocycles. The maximum Gasteiger partial charge on any atom is 0.247 e. The molecule has 4 aromatic carbocycles. The van der Waals surface area contributed by atoms with Gasteiger partial charge < -0.3 is 10.2 Å². The van der Waals surface area contributed by atoms with Crippen LogP contribution in [0.4, 0.5) is 8.78 Å². The van der Waals surface area contributed by atoms with Gasteiger partial charge in [-0.15, -0.1) is 5.10 Å². The largest absolute Gasteiger partial charge is 0.350 e. The van der Waals surface area contributed by atoms with Crippen molar-refractivity contribution in [1.82, 2.24) is 25.2 Å². The number of amides is 2. The van der Waals surface area contributed by atoms with Crippen molar-refractivity contribution in [2.45, 2.75) is 25.7 Å². The van der Waals surface area contributed by atoms with Crippen molar-refractivity contribution in [2.24, 2.45) is 0 Å². The highest BCUT2D eigenvalue weighted by molar-refractivity contribution is 5.89. The van der Waals surface area contributed by atoms with Crippen molar-refractivity contribution in [3.8, 4) is 0 Å². The predicted molar refractivity (Wildman–Crippen MR) is 142 cm³/mol. The molecule has 5 aromatic rings. The van der Waals surface area contributed by atoms with Gasteiger partial charge in [0.1, 0.15) is 29.7 Å². The topological polar surface area (TPSA) is 80.1 Å². The molecule has 5 rings (SSSR count). The Kier molecular flexibility index (Phi) is 7.68. The van der Waals surface area contributed by atoms with Crippen LogP contribution in [0, 0.1) is 11.6 Å². The Bertz CT molecular complexity index is 1590. The number of para-hydroxylation sites is 1. The fourth-order valence-electron chi connectivity index (χ4n) is 4.39. The number of benzene rings is 4. The number of nitrogens with one attached hydrogen (secondary N) is 1. The lowest BCUT2D eigenvalue weighted by atomic mass is 10.0. The number of aromatic nitrogens is 3. The fraction of sp³-hybridized carbons (Fsp3) is 0.133. The first-order chi connectivity index (χ1) is 19.0. The second kappa shape index (κ2) is 11.6. The normalized spacial score (nSPS) is 11.7. The number of hydrogen-bond donors (Lipinski definition) is 1. The van der Waals surface area contributed by atoms with Crippen molar-refractivity contribution in [3.63, 3.8) is 0 Å². The van der Waals surface area contributed by atoms with Crippen LogP contribution in [0.2, 0.25) is 0 Å². The second-order valence-electron chi connectivity index (χ2n) is 9.01. The first-order valence-electron chi connectivity index (χ1n) is 12.4. The minimum Gasteiger partial charge on any atom is -0.350 e. The zero-order chi connectivity index (χ0) is 27.2. The summed E-state index contributed by atoms with van der Waals surface area (Å²) in [6, 6.07) is 26.6. The number of carbonyl (C=O) groups is 2. The molecule has 0 saturated heterocycles. The first kappa shape index (κ1) is 25.7. The van der Waals surface area contributed by atoms with Gasteiger partial charge in [-0.1, -0.05) is 78.0 Å². The number of halogens is 2. The lowest BCUT2D eigenvalue weighted by Gasteiger charge is -2.32. The standard InChI is InChI=1S/C30H25F2N5O2/c31-23-16-14-22(15-17-23)19-36(28(38)20-37-27-13-7-6-12-26(27)34-35-37)29(24-10-4-5-11-25(24)32)30(39)33-18-21-8-2-1-3-9-21/h1-17,29H,18-20H2,(H,33,39)/t29-/m1/s1. The van der Waals surface area contributed by atoms with E-state index in [0.717, 1.165) is 5.56 Å². The molecule has 1 heterocycles. The summed E-state index contributed by atoms with van der Waals surface area (Å²) in [7, 11) is 0. The van der Waals surface area contributed by atoms with E-state index in [0.29, 0.717) is 16.6 Å². The van der Waals surface area contributed by atoms with E-state index in [1.807, 2.05) is 42.5 Å². The van der Waals surface area contributed by atoms with E-state index in [4.69, 9.17) is 0 Å². The molecule has 0 spiro atoms. The molecule has 0 fully saturated rings. The summed E-state index contributed by atoms with van der Waals surface area (Å²) >= 11 is 0. The van der Waals surface area contributed by atoms with E-state index in [1.165, 1.54) is 52.0 Å². The van der Waals surface area contributed by atoms with Gasteiger partial charge in [-0.3, -0.25) is 9.59 Å². The van der Waals surface area contributed by atoms with Crippen molar-refractivity contribution >= 4 is 22.8 Å². The highest BCUT2D eigenvalue weighted by atomic mass is 19.1. The van der Waals surface area contributed by atoms with Gasteiger partial charge >= 0.3 is 0 Å². The SMILES string of the molecule is O=C(NCc1ccccc1)[C@@H](c1ccccc1F)N(Cc1ccc(F)cc1)C(=O)Cn1nnc2ccccc21. The van der Waals surface area contributed by atoms with E-state index < -0.39 is 29.5 Å². The van der Waals surface area contributed by atoms with Crippen LogP contribution >= 0.6 is 0 Å². The second-order valence-corrected chi connectivity index (χ2v) is 9.01. The molecule has 0 aliphatic heterocycles. The Morgan fingerprint density at radius 1 is 0.821 bits per heavy atom. The molecule has 0 saturated carbocycles. The maximum atomic E-state index is 15.2. The van der Waals surface area contributed by atoms with Gasteiger partial charge in [0.15, 0.2) is 0 Å². The molecule has 39 heavy (non-hydrogen) atoms. The Labute approximate surface area is 223 Å². The monoisotopic (exact) mass is 525 g/mol. The molecule has 0 radical (unpaired) electrons. The van der Waals surface area contributed by atoms with Gasteiger partial charge in [0, 0.05) is 18.7 Å². The highest BCUT2D eigenvalue weighted by Gasteiger charge is 2.33.